The van der Waals surface area contributed by atoms with Crippen molar-refractivity contribution in [3.8, 4) is 0 Å². The van der Waals surface area contributed by atoms with Gasteiger partial charge in [-0.05, 0) is 28.9 Å². The van der Waals surface area contributed by atoms with E-state index < -0.39 is 15.3 Å². The van der Waals surface area contributed by atoms with Crippen LogP contribution in [0.5, 0.6) is 0 Å². The van der Waals surface area contributed by atoms with Crippen molar-refractivity contribution in [1.82, 2.24) is 5.32 Å². The molecule has 1 aliphatic rings. The van der Waals surface area contributed by atoms with Crippen molar-refractivity contribution in [2.75, 3.05) is 23.9 Å². The zero-order valence-corrected chi connectivity index (χ0v) is 11.2. The predicted molar refractivity (Wildman–Crippen MR) is 65.0 cm³/mol. The van der Waals surface area contributed by atoms with E-state index in [1.165, 1.54) is 4.31 Å². The fourth-order valence-corrected chi connectivity index (χ4v) is 3.37. The maximum Gasteiger partial charge on any atom is 0.241 e. The maximum atomic E-state index is 12.2. The van der Waals surface area contributed by atoms with Crippen LogP contribution in [0.25, 0.3) is 0 Å². The van der Waals surface area contributed by atoms with Gasteiger partial charge in [-0.3, -0.25) is 0 Å². The molecule has 1 aromatic heterocycles. The average molecular weight is 309 g/mol. The molecule has 0 amide bonds. The second-order valence-electron chi connectivity index (χ2n) is 3.71. The lowest BCUT2D eigenvalue weighted by molar-refractivity contribution is 0.533. The Balaban J connectivity index is 2.38. The third-order valence-electron chi connectivity index (χ3n) is 2.54. The van der Waals surface area contributed by atoms with E-state index in [1.54, 1.807) is 19.1 Å². The molecule has 1 fully saturated rings. The van der Waals surface area contributed by atoms with Crippen LogP contribution in [-0.4, -0.2) is 33.3 Å². The number of nitrogens with one attached hydrogen (secondary N) is 1. The molecule has 1 N–H and O–H groups in total. The zero-order chi connectivity index (χ0) is 11.8. The molecule has 0 spiro atoms. The largest absolute Gasteiger partial charge is 0.433 e. The van der Waals surface area contributed by atoms with Gasteiger partial charge < -0.3 is 9.73 Å². The van der Waals surface area contributed by atoms with Crippen LogP contribution in [0.1, 0.15) is 6.92 Å². The van der Waals surface area contributed by atoms with E-state index in [0.29, 0.717) is 30.2 Å². The molecule has 7 heteroatoms. The van der Waals surface area contributed by atoms with Crippen molar-refractivity contribution in [2.24, 2.45) is 0 Å². The highest BCUT2D eigenvalue weighted by Crippen LogP contribution is 2.26. The highest BCUT2D eigenvalue weighted by atomic mass is 79.9. The summed E-state index contributed by atoms with van der Waals surface area (Å²) < 4.78 is 31.5. The molecule has 1 saturated heterocycles. The Hall–Kier alpha value is -0.530. The Labute approximate surface area is 103 Å². The molecule has 1 unspecified atom stereocenters. The first-order chi connectivity index (χ1) is 7.51. The van der Waals surface area contributed by atoms with Crippen LogP contribution in [0.2, 0.25) is 0 Å². The number of rotatable bonds is 1. The first-order valence-corrected chi connectivity index (χ1v) is 7.29. The van der Waals surface area contributed by atoms with Crippen molar-refractivity contribution in [2.45, 2.75) is 12.2 Å². The molecule has 1 atom stereocenters. The highest BCUT2D eigenvalue weighted by Gasteiger charge is 2.32. The Kier molecular flexibility index (Phi) is 3.27. The Morgan fingerprint density at radius 2 is 2.31 bits per heavy atom. The quantitative estimate of drug-likeness (QED) is 0.846. The summed E-state index contributed by atoms with van der Waals surface area (Å²) in [7, 11) is -3.32. The van der Waals surface area contributed by atoms with Crippen LogP contribution in [-0.2, 0) is 10.0 Å². The summed E-state index contributed by atoms with van der Waals surface area (Å²) in [4.78, 5) is 0. The monoisotopic (exact) mass is 308 g/mol. The van der Waals surface area contributed by atoms with Gasteiger partial charge in [-0.1, -0.05) is 0 Å². The molecular formula is C9H13BrN2O3S. The summed E-state index contributed by atoms with van der Waals surface area (Å²) in [5.41, 5.74) is 0. The summed E-state index contributed by atoms with van der Waals surface area (Å²) in [6.45, 7) is 3.19. The normalized spacial score (nSPS) is 25.4. The van der Waals surface area contributed by atoms with Gasteiger partial charge in [-0.15, -0.1) is 0 Å². The van der Waals surface area contributed by atoms with Crippen molar-refractivity contribution >= 4 is 31.8 Å². The summed E-state index contributed by atoms with van der Waals surface area (Å²) in [5.74, 6) is 0.363. The van der Waals surface area contributed by atoms with Crippen LogP contribution in [0.4, 0.5) is 5.88 Å². The van der Waals surface area contributed by atoms with Crippen LogP contribution in [0, 0.1) is 0 Å². The molecule has 0 aromatic carbocycles. The van der Waals surface area contributed by atoms with Crippen molar-refractivity contribution in [1.29, 1.82) is 0 Å². The van der Waals surface area contributed by atoms with E-state index in [9.17, 15) is 8.42 Å². The average Bonchev–Trinajstić information content (AvgIpc) is 2.58. The first-order valence-electron chi connectivity index (χ1n) is 4.99. The standard InChI is InChI=1S/C9H13BrN2O3S/c1-7-6-11-4-5-12(16(7,13)14)9-3-2-8(10)15-9/h2-3,7,11H,4-6H2,1H3. The zero-order valence-electron chi connectivity index (χ0n) is 8.81. The third kappa shape index (κ3) is 2.11. The van der Waals surface area contributed by atoms with Crippen LogP contribution >= 0.6 is 15.9 Å². The minimum absolute atomic E-state index is 0.363. The van der Waals surface area contributed by atoms with Crippen LogP contribution < -0.4 is 9.62 Å². The smallest absolute Gasteiger partial charge is 0.241 e. The molecular weight excluding hydrogens is 296 g/mol. The lowest BCUT2D eigenvalue weighted by Gasteiger charge is -2.21. The number of hydrogen-bond donors (Lipinski definition) is 1. The fraction of sp³-hybridized carbons (Fsp3) is 0.556. The summed E-state index contributed by atoms with van der Waals surface area (Å²) >= 11 is 3.17. The lowest BCUT2D eigenvalue weighted by atomic mass is 10.4. The summed E-state index contributed by atoms with van der Waals surface area (Å²) in [6, 6.07) is 3.34. The number of sulfonamides is 1. The molecule has 1 aliphatic heterocycles. The second kappa shape index (κ2) is 4.38. The molecule has 0 radical (unpaired) electrons. The highest BCUT2D eigenvalue weighted by molar-refractivity contribution is 9.10. The number of anilines is 1. The van der Waals surface area contributed by atoms with Gasteiger partial charge in [-0.25, -0.2) is 12.7 Å². The molecule has 16 heavy (non-hydrogen) atoms. The molecule has 5 nitrogen and oxygen atoms in total. The number of hydrogen-bond acceptors (Lipinski definition) is 4. The maximum absolute atomic E-state index is 12.2. The van der Waals surface area contributed by atoms with E-state index >= 15 is 0 Å². The van der Waals surface area contributed by atoms with Gasteiger partial charge in [0.2, 0.25) is 15.9 Å². The fourth-order valence-electron chi connectivity index (χ4n) is 1.61. The van der Waals surface area contributed by atoms with E-state index in [-0.39, 0.29) is 0 Å². The van der Waals surface area contributed by atoms with Crippen LogP contribution in [0.15, 0.2) is 21.2 Å². The van der Waals surface area contributed by atoms with Gasteiger partial charge in [0.05, 0.1) is 5.25 Å². The van der Waals surface area contributed by atoms with Crippen molar-refractivity contribution < 1.29 is 12.8 Å². The summed E-state index contributed by atoms with van der Waals surface area (Å²) in [6.07, 6.45) is 0. The summed E-state index contributed by atoms with van der Waals surface area (Å²) in [5, 5.41) is 2.64. The van der Waals surface area contributed by atoms with Gasteiger partial charge in [0.25, 0.3) is 0 Å². The minimum atomic E-state index is -3.32. The van der Waals surface area contributed by atoms with Crippen molar-refractivity contribution in [3.05, 3.63) is 16.8 Å². The van der Waals surface area contributed by atoms with Crippen LogP contribution in [0.3, 0.4) is 0 Å². The van der Waals surface area contributed by atoms with Gasteiger partial charge in [-0.2, -0.15) is 0 Å². The Morgan fingerprint density at radius 3 is 2.94 bits per heavy atom. The molecule has 1 aromatic rings. The molecule has 2 heterocycles. The minimum Gasteiger partial charge on any atom is -0.433 e. The Bertz CT molecular complexity index is 471. The molecule has 2 rings (SSSR count). The SMILES string of the molecule is CC1CNCCN(c2ccc(Br)o2)S1(=O)=O. The Morgan fingerprint density at radius 1 is 1.56 bits per heavy atom. The molecule has 0 saturated carbocycles. The van der Waals surface area contributed by atoms with Gasteiger partial charge in [0.1, 0.15) is 0 Å². The lowest BCUT2D eigenvalue weighted by Crippen LogP contribution is -2.37. The van der Waals surface area contributed by atoms with E-state index in [0.717, 1.165) is 0 Å². The van der Waals surface area contributed by atoms with Crippen molar-refractivity contribution in [3.63, 3.8) is 0 Å². The molecule has 0 aliphatic carbocycles. The van der Waals surface area contributed by atoms with Gasteiger partial charge in [0, 0.05) is 25.7 Å². The predicted octanol–water partition coefficient (Wildman–Crippen LogP) is 1.17. The van der Waals surface area contributed by atoms with E-state index in [1.807, 2.05) is 0 Å². The number of halogens is 1. The van der Waals surface area contributed by atoms with E-state index in [2.05, 4.69) is 21.2 Å². The number of nitrogens with zero attached hydrogens (tertiary/aromatic N) is 1. The topological polar surface area (TPSA) is 62.6 Å². The molecule has 0 bridgehead atoms. The van der Waals surface area contributed by atoms with Gasteiger partial charge >= 0.3 is 0 Å². The number of furan rings is 1. The van der Waals surface area contributed by atoms with Gasteiger partial charge in [0.15, 0.2) is 4.67 Å². The molecule has 90 valence electrons. The van der Waals surface area contributed by atoms with E-state index in [4.69, 9.17) is 4.42 Å². The second-order valence-corrected chi connectivity index (χ2v) is 6.77. The third-order valence-corrected chi connectivity index (χ3v) is 5.13. The first kappa shape index (κ1) is 11.9.